The Kier molecular flexibility index (Phi) is 4.33. The van der Waals surface area contributed by atoms with Gasteiger partial charge in [0.05, 0.1) is 5.84 Å². The van der Waals surface area contributed by atoms with Gasteiger partial charge in [0.1, 0.15) is 0 Å². The molecular weight excluding hydrogens is 202 g/mol. The zero-order chi connectivity index (χ0) is 12.2. The molecule has 4 heteroatoms. The third kappa shape index (κ3) is 3.83. The summed E-state index contributed by atoms with van der Waals surface area (Å²) in [6.07, 6.45) is 2.76. The Hall–Kier alpha value is -1.06. The maximum atomic E-state index is 11.7. The molecule has 1 fully saturated rings. The second-order valence-corrected chi connectivity index (χ2v) is 5.35. The summed E-state index contributed by atoms with van der Waals surface area (Å²) in [5, 5.41) is 0. The molecule has 0 bridgehead atoms. The first-order valence-electron chi connectivity index (χ1n) is 5.99. The van der Waals surface area contributed by atoms with Gasteiger partial charge in [0.15, 0.2) is 0 Å². The van der Waals surface area contributed by atoms with E-state index in [2.05, 4.69) is 4.99 Å². The minimum atomic E-state index is -0.101. The topological polar surface area (TPSA) is 58.7 Å². The van der Waals surface area contributed by atoms with Crippen molar-refractivity contribution in [1.29, 1.82) is 0 Å². The number of nitrogens with zero attached hydrogens (tertiary/aromatic N) is 2. The molecular formula is C12H23N3O. The molecule has 2 N–H and O–H groups in total. The molecule has 1 aliphatic heterocycles. The monoisotopic (exact) mass is 225 g/mol. The van der Waals surface area contributed by atoms with Gasteiger partial charge < -0.3 is 10.6 Å². The highest BCUT2D eigenvalue weighted by atomic mass is 16.2. The lowest BCUT2D eigenvalue weighted by Gasteiger charge is -2.18. The first kappa shape index (κ1) is 13.0. The van der Waals surface area contributed by atoms with Crippen LogP contribution in [-0.2, 0) is 4.79 Å². The highest BCUT2D eigenvalue weighted by Gasteiger charge is 2.18. The minimum absolute atomic E-state index is 0.101. The van der Waals surface area contributed by atoms with E-state index in [1.54, 1.807) is 0 Å². The summed E-state index contributed by atoms with van der Waals surface area (Å²) < 4.78 is 0. The molecule has 1 aliphatic rings. The van der Waals surface area contributed by atoms with E-state index >= 15 is 0 Å². The fourth-order valence-corrected chi connectivity index (χ4v) is 1.63. The number of carbonyl (C=O) groups is 1. The Bertz CT molecular complexity index is 272. The fraction of sp³-hybridized carbons (Fsp3) is 0.833. The molecule has 0 atom stereocenters. The Morgan fingerprint density at radius 2 is 1.88 bits per heavy atom. The summed E-state index contributed by atoms with van der Waals surface area (Å²) in [5.41, 5.74) is 5.72. The third-order valence-electron chi connectivity index (χ3n) is 2.84. The minimum Gasteiger partial charge on any atom is -0.387 e. The summed E-state index contributed by atoms with van der Waals surface area (Å²) >= 11 is 0. The zero-order valence-corrected chi connectivity index (χ0v) is 10.6. The van der Waals surface area contributed by atoms with Crippen LogP contribution in [0.2, 0.25) is 0 Å². The largest absolute Gasteiger partial charge is 0.387 e. The Morgan fingerprint density at radius 1 is 1.31 bits per heavy atom. The van der Waals surface area contributed by atoms with E-state index in [4.69, 9.17) is 5.73 Å². The fourth-order valence-electron chi connectivity index (χ4n) is 1.63. The number of aliphatic imine (C=N–C) groups is 1. The third-order valence-corrected chi connectivity index (χ3v) is 2.84. The summed E-state index contributed by atoms with van der Waals surface area (Å²) in [6, 6.07) is 0. The smallest absolute Gasteiger partial charge is 0.224 e. The van der Waals surface area contributed by atoms with Crippen molar-refractivity contribution in [2.75, 3.05) is 19.6 Å². The first-order chi connectivity index (χ1) is 7.41. The van der Waals surface area contributed by atoms with Crippen molar-refractivity contribution in [3.63, 3.8) is 0 Å². The normalized spacial score (nSPS) is 17.9. The second-order valence-electron chi connectivity index (χ2n) is 5.35. The van der Waals surface area contributed by atoms with Gasteiger partial charge in [0.25, 0.3) is 0 Å². The summed E-state index contributed by atoms with van der Waals surface area (Å²) in [6.45, 7) is 8.41. The van der Waals surface area contributed by atoms with Crippen molar-refractivity contribution in [3.05, 3.63) is 0 Å². The summed E-state index contributed by atoms with van der Waals surface area (Å²) in [4.78, 5) is 17.9. The van der Waals surface area contributed by atoms with Gasteiger partial charge in [0.2, 0.25) is 5.91 Å². The molecule has 1 heterocycles. The van der Waals surface area contributed by atoms with E-state index in [-0.39, 0.29) is 11.3 Å². The van der Waals surface area contributed by atoms with Crippen LogP contribution in [0, 0.1) is 5.41 Å². The molecule has 16 heavy (non-hydrogen) atoms. The van der Waals surface area contributed by atoms with Gasteiger partial charge in [-0.25, -0.2) is 0 Å². The second kappa shape index (κ2) is 5.32. The van der Waals surface area contributed by atoms with Crippen LogP contribution in [0.5, 0.6) is 0 Å². The molecule has 4 nitrogen and oxygen atoms in total. The number of nitrogens with two attached hydrogens (primary N) is 1. The van der Waals surface area contributed by atoms with Gasteiger partial charge in [-0.2, -0.15) is 0 Å². The maximum absolute atomic E-state index is 11.7. The highest BCUT2D eigenvalue weighted by molar-refractivity contribution is 5.85. The average Bonchev–Trinajstić information content (AvgIpc) is 2.68. The van der Waals surface area contributed by atoms with Crippen LogP contribution in [0.15, 0.2) is 4.99 Å². The van der Waals surface area contributed by atoms with Gasteiger partial charge >= 0.3 is 0 Å². The quantitative estimate of drug-likeness (QED) is 0.583. The standard InChI is InChI=1S/C12H23N3O/c1-12(2,3)11(13)14-7-6-10(16)15-8-4-5-9-15/h4-9H2,1-3H3,(H2,13,14). The van der Waals surface area contributed by atoms with Crippen LogP contribution in [-0.4, -0.2) is 36.3 Å². The van der Waals surface area contributed by atoms with Gasteiger partial charge in [-0.05, 0) is 12.8 Å². The van der Waals surface area contributed by atoms with Gasteiger partial charge in [0, 0.05) is 31.5 Å². The van der Waals surface area contributed by atoms with Crippen LogP contribution < -0.4 is 5.73 Å². The number of amides is 1. The number of rotatable bonds is 3. The van der Waals surface area contributed by atoms with Gasteiger partial charge in [-0.3, -0.25) is 9.79 Å². The van der Waals surface area contributed by atoms with Crippen LogP contribution >= 0.6 is 0 Å². The number of hydrogen-bond acceptors (Lipinski definition) is 2. The van der Waals surface area contributed by atoms with Crippen molar-refractivity contribution in [3.8, 4) is 0 Å². The molecule has 0 aromatic rings. The number of hydrogen-bond donors (Lipinski definition) is 1. The molecule has 1 saturated heterocycles. The van der Waals surface area contributed by atoms with Crippen molar-refractivity contribution < 1.29 is 4.79 Å². The van der Waals surface area contributed by atoms with E-state index < -0.39 is 0 Å². The lowest BCUT2D eigenvalue weighted by atomic mass is 9.95. The molecule has 1 rings (SSSR count). The molecule has 1 amide bonds. The van der Waals surface area contributed by atoms with E-state index in [9.17, 15) is 4.79 Å². The van der Waals surface area contributed by atoms with E-state index in [1.807, 2.05) is 25.7 Å². The SMILES string of the molecule is CC(C)(C)C(N)=NCCC(=O)N1CCCC1. The zero-order valence-electron chi connectivity index (χ0n) is 10.6. The first-order valence-corrected chi connectivity index (χ1v) is 5.99. The van der Waals surface area contributed by atoms with Crippen LogP contribution in [0.25, 0.3) is 0 Å². The van der Waals surface area contributed by atoms with Crippen LogP contribution in [0.3, 0.4) is 0 Å². The lowest BCUT2D eigenvalue weighted by Crippen LogP contribution is -2.30. The number of carbonyl (C=O) groups excluding carboxylic acids is 1. The molecule has 92 valence electrons. The van der Waals surface area contributed by atoms with E-state index in [0.29, 0.717) is 18.8 Å². The molecule has 0 spiro atoms. The van der Waals surface area contributed by atoms with Crippen LogP contribution in [0.1, 0.15) is 40.0 Å². The maximum Gasteiger partial charge on any atom is 0.224 e. The van der Waals surface area contributed by atoms with Crippen molar-refractivity contribution in [2.45, 2.75) is 40.0 Å². The van der Waals surface area contributed by atoms with Gasteiger partial charge in [-0.1, -0.05) is 20.8 Å². The van der Waals surface area contributed by atoms with E-state index in [0.717, 1.165) is 25.9 Å². The molecule has 0 saturated carbocycles. The summed E-state index contributed by atoms with van der Waals surface area (Å²) in [5.74, 6) is 0.838. The predicted molar refractivity (Wildman–Crippen MR) is 66.4 cm³/mol. The van der Waals surface area contributed by atoms with Crippen molar-refractivity contribution in [2.24, 2.45) is 16.1 Å². The predicted octanol–water partition coefficient (Wildman–Crippen LogP) is 1.40. The molecule has 0 aromatic heterocycles. The number of amidine groups is 1. The Labute approximate surface area is 97.9 Å². The molecule has 0 radical (unpaired) electrons. The lowest BCUT2D eigenvalue weighted by molar-refractivity contribution is -0.129. The molecule has 0 unspecified atom stereocenters. The Morgan fingerprint density at radius 3 is 2.38 bits per heavy atom. The number of likely N-dealkylation sites (tertiary alicyclic amines) is 1. The average molecular weight is 225 g/mol. The molecule has 0 aromatic carbocycles. The van der Waals surface area contributed by atoms with Crippen molar-refractivity contribution >= 4 is 11.7 Å². The van der Waals surface area contributed by atoms with Crippen LogP contribution in [0.4, 0.5) is 0 Å². The Balaban J connectivity index is 2.32. The summed E-state index contributed by atoms with van der Waals surface area (Å²) in [7, 11) is 0. The van der Waals surface area contributed by atoms with E-state index in [1.165, 1.54) is 0 Å². The van der Waals surface area contributed by atoms with Crippen molar-refractivity contribution in [1.82, 2.24) is 4.90 Å². The molecule has 0 aliphatic carbocycles. The highest BCUT2D eigenvalue weighted by Crippen LogP contribution is 2.13. The van der Waals surface area contributed by atoms with Gasteiger partial charge in [-0.15, -0.1) is 0 Å².